The average molecular weight is 362 g/mol. The van der Waals surface area contributed by atoms with Gasteiger partial charge in [0, 0.05) is 21.6 Å². The average Bonchev–Trinajstić information content (AvgIpc) is 2.69. The minimum atomic E-state index is -0.181. The minimum Gasteiger partial charge on any atom is -0.287 e. The molecule has 19 heavy (non-hydrogen) atoms. The molecule has 0 saturated heterocycles. The highest BCUT2D eigenvalue weighted by molar-refractivity contribution is 9.10. The van der Waals surface area contributed by atoms with Gasteiger partial charge in [-0.25, -0.2) is 0 Å². The Morgan fingerprint density at radius 2 is 2.11 bits per heavy atom. The highest BCUT2D eigenvalue weighted by Gasteiger charge is 2.19. The summed E-state index contributed by atoms with van der Waals surface area (Å²) in [5.74, 6) is -0.181. The Morgan fingerprint density at radius 3 is 2.74 bits per heavy atom. The van der Waals surface area contributed by atoms with Crippen LogP contribution in [0, 0.1) is 0 Å². The molecule has 0 unspecified atom stereocenters. The van der Waals surface area contributed by atoms with Crippen LogP contribution in [0.2, 0.25) is 10.0 Å². The SMILES string of the molecule is CCCn1ncc(Cl)c1C(=O)c1cc(Cl)cc(Br)c1. The van der Waals surface area contributed by atoms with Crippen molar-refractivity contribution in [3.63, 3.8) is 0 Å². The first kappa shape index (κ1) is 14.6. The van der Waals surface area contributed by atoms with Crippen molar-refractivity contribution in [1.29, 1.82) is 0 Å². The first-order valence-electron chi connectivity index (χ1n) is 5.75. The molecule has 3 nitrogen and oxygen atoms in total. The molecule has 0 spiro atoms. The summed E-state index contributed by atoms with van der Waals surface area (Å²) in [4.78, 5) is 12.5. The van der Waals surface area contributed by atoms with Gasteiger partial charge in [-0.15, -0.1) is 0 Å². The van der Waals surface area contributed by atoms with Gasteiger partial charge in [0.15, 0.2) is 0 Å². The molecule has 1 aromatic heterocycles. The molecule has 2 rings (SSSR count). The number of halogens is 3. The Balaban J connectivity index is 2.46. The fraction of sp³-hybridized carbons (Fsp3) is 0.231. The van der Waals surface area contributed by atoms with Gasteiger partial charge in [-0.2, -0.15) is 5.10 Å². The first-order chi connectivity index (χ1) is 9.02. The van der Waals surface area contributed by atoms with Gasteiger partial charge in [0.1, 0.15) is 5.69 Å². The van der Waals surface area contributed by atoms with Crippen LogP contribution in [0.1, 0.15) is 29.4 Å². The summed E-state index contributed by atoms with van der Waals surface area (Å²) in [6.07, 6.45) is 2.36. The van der Waals surface area contributed by atoms with Gasteiger partial charge in [-0.3, -0.25) is 9.48 Å². The number of hydrogen-bond acceptors (Lipinski definition) is 2. The maximum Gasteiger partial charge on any atom is 0.212 e. The lowest BCUT2D eigenvalue weighted by molar-refractivity contribution is 0.102. The molecule has 0 aliphatic rings. The molecule has 0 N–H and O–H groups in total. The van der Waals surface area contributed by atoms with Crippen molar-refractivity contribution in [2.24, 2.45) is 0 Å². The molecule has 0 amide bonds. The van der Waals surface area contributed by atoms with Crippen molar-refractivity contribution in [2.75, 3.05) is 0 Å². The molecule has 0 fully saturated rings. The van der Waals surface area contributed by atoms with Gasteiger partial charge in [-0.05, 0) is 24.6 Å². The molecular weight excluding hydrogens is 351 g/mol. The smallest absolute Gasteiger partial charge is 0.212 e. The van der Waals surface area contributed by atoms with Crippen molar-refractivity contribution in [3.8, 4) is 0 Å². The van der Waals surface area contributed by atoms with Crippen molar-refractivity contribution in [1.82, 2.24) is 9.78 Å². The number of carbonyl (C=O) groups excluding carboxylic acids is 1. The fourth-order valence-electron chi connectivity index (χ4n) is 1.79. The number of aromatic nitrogens is 2. The van der Waals surface area contributed by atoms with Crippen LogP contribution in [0.4, 0.5) is 0 Å². The van der Waals surface area contributed by atoms with E-state index in [9.17, 15) is 4.79 Å². The monoisotopic (exact) mass is 360 g/mol. The molecule has 0 aliphatic heterocycles. The molecule has 0 bridgehead atoms. The highest BCUT2D eigenvalue weighted by Crippen LogP contribution is 2.24. The van der Waals surface area contributed by atoms with Gasteiger partial charge in [0.05, 0.1) is 11.2 Å². The van der Waals surface area contributed by atoms with Gasteiger partial charge in [0.25, 0.3) is 0 Å². The second-order valence-corrected chi connectivity index (χ2v) is 5.81. The van der Waals surface area contributed by atoms with Crippen LogP contribution in [0.3, 0.4) is 0 Å². The van der Waals surface area contributed by atoms with Crippen LogP contribution in [0.15, 0.2) is 28.9 Å². The third-order valence-electron chi connectivity index (χ3n) is 2.57. The Labute approximate surface area is 129 Å². The second-order valence-electron chi connectivity index (χ2n) is 4.05. The topological polar surface area (TPSA) is 34.9 Å². The van der Waals surface area contributed by atoms with Gasteiger partial charge in [-0.1, -0.05) is 46.1 Å². The largest absolute Gasteiger partial charge is 0.287 e. The lowest BCUT2D eigenvalue weighted by atomic mass is 10.1. The van der Waals surface area contributed by atoms with Crippen LogP contribution in [0.5, 0.6) is 0 Å². The Bertz CT molecular complexity index is 605. The third-order valence-corrected chi connectivity index (χ3v) is 3.52. The van der Waals surface area contributed by atoms with Crippen molar-refractivity contribution in [2.45, 2.75) is 19.9 Å². The van der Waals surface area contributed by atoms with E-state index in [1.807, 2.05) is 6.92 Å². The quantitative estimate of drug-likeness (QED) is 0.746. The summed E-state index contributed by atoms with van der Waals surface area (Å²) >= 11 is 15.3. The van der Waals surface area contributed by atoms with Gasteiger partial charge in [0.2, 0.25) is 5.78 Å². The zero-order valence-electron chi connectivity index (χ0n) is 10.2. The molecular formula is C13H11BrCl2N2O. The Morgan fingerprint density at radius 1 is 1.37 bits per heavy atom. The molecule has 6 heteroatoms. The summed E-state index contributed by atoms with van der Waals surface area (Å²) < 4.78 is 2.38. The van der Waals surface area contributed by atoms with Crippen LogP contribution in [0.25, 0.3) is 0 Å². The van der Waals surface area contributed by atoms with E-state index < -0.39 is 0 Å². The van der Waals surface area contributed by atoms with Gasteiger partial charge < -0.3 is 0 Å². The van der Waals surface area contributed by atoms with E-state index in [4.69, 9.17) is 23.2 Å². The van der Waals surface area contributed by atoms with Crippen molar-refractivity contribution in [3.05, 3.63) is 50.2 Å². The molecule has 1 aromatic carbocycles. The van der Waals surface area contributed by atoms with E-state index in [2.05, 4.69) is 21.0 Å². The zero-order valence-corrected chi connectivity index (χ0v) is 13.3. The normalized spacial score (nSPS) is 10.7. The van der Waals surface area contributed by atoms with Gasteiger partial charge >= 0.3 is 0 Å². The van der Waals surface area contributed by atoms with Crippen LogP contribution < -0.4 is 0 Å². The number of hydrogen-bond donors (Lipinski definition) is 0. The van der Waals surface area contributed by atoms with Crippen LogP contribution in [-0.4, -0.2) is 15.6 Å². The summed E-state index contributed by atoms with van der Waals surface area (Å²) in [6, 6.07) is 5.06. The Hall–Kier alpha value is -0.840. The number of benzene rings is 1. The lowest BCUT2D eigenvalue weighted by Crippen LogP contribution is -2.12. The number of aryl methyl sites for hydroxylation is 1. The van der Waals surface area contributed by atoms with E-state index in [0.717, 1.165) is 10.9 Å². The van der Waals surface area contributed by atoms with E-state index in [0.29, 0.717) is 27.8 Å². The summed E-state index contributed by atoms with van der Waals surface area (Å²) in [6.45, 7) is 2.66. The molecule has 2 aromatic rings. The summed E-state index contributed by atoms with van der Waals surface area (Å²) in [5, 5.41) is 4.97. The summed E-state index contributed by atoms with van der Waals surface area (Å²) in [7, 11) is 0. The highest BCUT2D eigenvalue weighted by atomic mass is 79.9. The molecule has 1 heterocycles. The predicted molar refractivity (Wildman–Crippen MR) is 80.1 cm³/mol. The van der Waals surface area contributed by atoms with E-state index in [-0.39, 0.29) is 5.78 Å². The number of rotatable bonds is 4. The van der Waals surface area contributed by atoms with E-state index in [1.54, 1.807) is 22.9 Å². The molecule has 0 atom stereocenters. The number of carbonyl (C=O) groups is 1. The summed E-state index contributed by atoms with van der Waals surface area (Å²) in [5.41, 5.74) is 0.886. The molecule has 0 saturated carbocycles. The maximum atomic E-state index is 12.5. The van der Waals surface area contributed by atoms with Crippen molar-refractivity contribution >= 4 is 44.9 Å². The number of ketones is 1. The Kier molecular flexibility index (Phi) is 4.66. The zero-order chi connectivity index (χ0) is 14.0. The molecule has 0 aliphatic carbocycles. The van der Waals surface area contributed by atoms with E-state index in [1.165, 1.54) is 6.20 Å². The molecule has 100 valence electrons. The van der Waals surface area contributed by atoms with Crippen LogP contribution >= 0.6 is 39.1 Å². The standard InChI is InChI=1S/C13H11BrCl2N2O/c1-2-3-18-12(11(16)7-17-18)13(19)8-4-9(14)6-10(15)5-8/h4-7H,2-3H2,1H3. The van der Waals surface area contributed by atoms with E-state index >= 15 is 0 Å². The fourth-order valence-corrected chi connectivity index (χ4v) is 2.88. The molecule has 0 radical (unpaired) electrons. The van der Waals surface area contributed by atoms with Crippen LogP contribution in [-0.2, 0) is 6.54 Å². The second kappa shape index (κ2) is 6.07. The maximum absolute atomic E-state index is 12.5. The third kappa shape index (κ3) is 3.19. The predicted octanol–water partition coefficient (Wildman–Crippen LogP) is 4.59. The number of nitrogens with zero attached hydrogens (tertiary/aromatic N) is 2. The first-order valence-corrected chi connectivity index (χ1v) is 7.30. The lowest BCUT2D eigenvalue weighted by Gasteiger charge is -2.07. The van der Waals surface area contributed by atoms with Crippen molar-refractivity contribution < 1.29 is 4.79 Å². The minimum absolute atomic E-state index is 0.181.